The lowest BCUT2D eigenvalue weighted by Gasteiger charge is -2.32. The van der Waals surface area contributed by atoms with Crippen molar-refractivity contribution < 1.29 is 14.3 Å². The van der Waals surface area contributed by atoms with Crippen molar-refractivity contribution in [3.63, 3.8) is 0 Å². The van der Waals surface area contributed by atoms with Gasteiger partial charge in [-0.1, -0.05) is 12.1 Å². The van der Waals surface area contributed by atoms with Crippen molar-refractivity contribution in [2.45, 2.75) is 37.2 Å². The van der Waals surface area contributed by atoms with Crippen molar-refractivity contribution in [3.8, 4) is 5.75 Å². The summed E-state index contributed by atoms with van der Waals surface area (Å²) in [5, 5.41) is 7.51. The lowest BCUT2D eigenvalue weighted by atomic mass is 10.0. The van der Waals surface area contributed by atoms with E-state index in [1.54, 1.807) is 41.2 Å². The van der Waals surface area contributed by atoms with Crippen LogP contribution in [0.25, 0.3) is 5.65 Å². The van der Waals surface area contributed by atoms with Gasteiger partial charge < -0.3 is 15.0 Å². The molecular formula is C27H26N6O3. The number of pyridine rings is 2. The number of benzene rings is 1. The molecule has 2 aliphatic rings. The number of hydrogen-bond donors (Lipinski definition) is 1. The van der Waals surface area contributed by atoms with Crippen LogP contribution in [0.15, 0.2) is 73.2 Å². The van der Waals surface area contributed by atoms with E-state index in [2.05, 4.69) is 20.4 Å². The summed E-state index contributed by atoms with van der Waals surface area (Å²) in [6, 6.07) is 16.5. The molecular weight excluding hydrogens is 456 g/mol. The number of carbonyl (C=O) groups excluding carboxylic acids is 2. The molecule has 1 saturated heterocycles. The Morgan fingerprint density at radius 2 is 1.89 bits per heavy atom. The number of ether oxygens (including phenoxy) is 1. The first-order chi connectivity index (χ1) is 17.6. The second-order valence-corrected chi connectivity index (χ2v) is 9.35. The van der Waals surface area contributed by atoms with Gasteiger partial charge in [-0.15, -0.1) is 0 Å². The molecule has 9 nitrogen and oxygen atoms in total. The number of nitrogens with one attached hydrogen (secondary N) is 1. The second kappa shape index (κ2) is 9.07. The largest absolute Gasteiger partial charge is 0.489 e. The first kappa shape index (κ1) is 22.2. The van der Waals surface area contributed by atoms with Crippen molar-refractivity contribution in [2.75, 3.05) is 18.4 Å². The fourth-order valence-electron chi connectivity index (χ4n) is 4.66. The summed E-state index contributed by atoms with van der Waals surface area (Å²) in [6.45, 7) is 1.23. The molecule has 0 bridgehead atoms. The van der Waals surface area contributed by atoms with E-state index in [9.17, 15) is 9.59 Å². The molecule has 1 aromatic carbocycles. The van der Waals surface area contributed by atoms with E-state index in [0.717, 1.165) is 18.6 Å². The SMILES string of the molecule is O=C(c1cccc(NC(=O)C2(c3nc4ccccn4n3)CC2)c1)N1CCC(Oc2cccnc2)CC1. The molecule has 182 valence electrons. The Morgan fingerprint density at radius 1 is 1.03 bits per heavy atom. The molecule has 4 heterocycles. The standard InChI is InChI=1S/C27H26N6O3/c34-24(32-15-9-21(10-16-32)36-22-7-4-13-28-18-22)19-5-3-6-20(17-19)29-26(35)27(11-12-27)25-30-23-8-1-2-14-33(23)31-25/h1-8,13-14,17-18,21H,9-12,15-16H2,(H,29,35). The molecule has 36 heavy (non-hydrogen) atoms. The number of nitrogens with zero attached hydrogens (tertiary/aromatic N) is 5. The third-order valence-corrected chi connectivity index (χ3v) is 6.89. The number of rotatable bonds is 6. The molecule has 9 heteroatoms. The minimum absolute atomic E-state index is 0.0471. The van der Waals surface area contributed by atoms with Crippen LogP contribution < -0.4 is 10.1 Å². The summed E-state index contributed by atoms with van der Waals surface area (Å²) >= 11 is 0. The first-order valence-electron chi connectivity index (χ1n) is 12.2. The fourth-order valence-corrected chi connectivity index (χ4v) is 4.66. The van der Waals surface area contributed by atoms with Crippen LogP contribution in [0.2, 0.25) is 0 Å². The maximum absolute atomic E-state index is 13.2. The highest BCUT2D eigenvalue weighted by Crippen LogP contribution is 2.47. The molecule has 2 fully saturated rings. The predicted molar refractivity (Wildman–Crippen MR) is 133 cm³/mol. The lowest BCUT2D eigenvalue weighted by Crippen LogP contribution is -2.41. The van der Waals surface area contributed by atoms with Gasteiger partial charge in [0.1, 0.15) is 17.3 Å². The van der Waals surface area contributed by atoms with Gasteiger partial charge in [0.2, 0.25) is 5.91 Å². The molecule has 0 spiro atoms. The van der Waals surface area contributed by atoms with E-state index < -0.39 is 5.41 Å². The van der Waals surface area contributed by atoms with Gasteiger partial charge in [-0.25, -0.2) is 9.50 Å². The van der Waals surface area contributed by atoms with Gasteiger partial charge in [-0.3, -0.25) is 14.6 Å². The van der Waals surface area contributed by atoms with E-state index >= 15 is 0 Å². The van der Waals surface area contributed by atoms with Gasteiger partial charge in [0.25, 0.3) is 5.91 Å². The molecule has 2 amide bonds. The molecule has 4 aromatic rings. The predicted octanol–water partition coefficient (Wildman–Crippen LogP) is 3.48. The van der Waals surface area contributed by atoms with E-state index in [4.69, 9.17) is 4.74 Å². The van der Waals surface area contributed by atoms with Crippen LogP contribution in [0.5, 0.6) is 5.75 Å². The minimum atomic E-state index is -0.720. The average molecular weight is 483 g/mol. The molecule has 1 N–H and O–H groups in total. The highest BCUT2D eigenvalue weighted by atomic mass is 16.5. The Balaban J connectivity index is 1.10. The topological polar surface area (TPSA) is 102 Å². The summed E-state index contributed by atoms with van der Waals surface area (Å²) < 4.78 is 7.67. The molecule has 1 saturated carbocycles. The molecule has 1 aliphatic carbocycles. The highest BCUT2D eigenvalue weighted by molar-refractivity contribution is 6.02. The normalized spacial score (nSPS) is 17.1. The number of likely N-dealkylation sites (tertiary alicyclic amines) is 1. The van der Waals surface area contributed by atoms with Crippen LogP contribution in [0.1, 0.15) is 41.9 Å². The third-order valence-electron chi connectivity index (χ3n) is 6.89. The van der Waals surface area contributed by atoms with Crippen LogP contribution in [-0.2, 0) is 10.2 Å². The van der Waals surface area contributed by atoms with E-state index in [1.807, 2.05) is 41.4 Å². The van der Waals surface area contributed by atoms with Crippen molar-refractivity contribution >= 4 is 23.1 Å². The van der Waals surface area contributed by atoms with Gasteiger partial charge in [-0.2, -0.15) is 5.10 Å². The Hall–Kier alpha value is -4.27. The van der Waals surface area contributed by atoms with Crippen LogP contribution in [0.3, 0.4) is 0 Å². The summed E-state index contributed by atoms with van der Waals surface area (Å²) in [7, 11) is 0. The van der Waals surface area contributed by atoms with Crippen molar-refractivity contribution in [2.24, 2.45) is 0 Å². The fraction of sp³-hybridized carbons (Fsp3) is 0.296. The Morgan fingerprint density at radius 3 is 2.64 bits per heavy atom. The van der Waals surface area contributed by atoms with Crippen LogP contribution in [-0.4, -0.2) is 55.5 Å². The van der Waals surface area contributed by atoms with Gasteiger partial charge in [-0.05, 0) is 55.3 Å². The number of hydrogen-bond acceptors (Lipinski definition) is 6. The van der Waals surface area contributed by atoms with Crippen LogP contribution in [0, 0.1) is 0 Å². The summed E-state index contributed by atoms with van der Waals surface area (Å²) in [6.07, 6.45) is 8.21. The van der Waals surface area contributed by atoms with Gasteiger partial charge in [0.05, 0.1) is 6.20 Å². The maximum atomic E-state index is 13.2. The highest BCUT2D eigenvalue weighted by Gasteiger charge is 2.54. The average Bonchev–Trinajstić information content (AvgIpc) is 3.62. The summed E-state index contributed by atoms with van der Waals surface area (Å²) in [4.78, 5) is 36.9. The molecule has 0 unspecified atom stereocenters. The quantitative estimate of drug-likeness (QED) is 0.452. The smallest absolute Gasteiger partial charge is 0.253 e. The summed E-state index contributed by atoms with van der Waals surface area (Å²) in [5.41, 5.74) is 1.14. The van der Waals surface area contributed by atoms with E-state index in [-0.39, 0.29) is 17.9 Å². The first-order valence-corrected chi connectivity index (χ1v) is 12.2. The number of amides is 2. The zero-order valence-corrected chi connectivity index (χ0v) is 19.7. The zero-order valence-electron chi connectivity index (χ0n) is 19.7. The molecule has 6 rings (SSSR count). The third kappa shape index (κ3) is 4.28. The maximum Gasteiger partial charge on any atom is 0.253 e. The molecule has 0 atom stereocenters. The second-order valence-electron chi connectivity index (χ2n) is 9.35. The number of carbonyl (C=O) groups is 2. The van der Waals surface area contributed by atoms with Gasteiger partial charge in [0.15, 0.2) is 11.5 Å². The van der Waals surface area contributed by atoms with Crippen molar-refractivity contribution in [3.05, 3.63) is 84.6 Å². The lowest BCUT2D eigenvalue weighted by molar-refractivity contribution is -0.118. The zero-order chi connectivity index (χ0) is 24.5. The number of anilines is 1. The van der Waals surface area contributed by atoms with Gasteiger partial charge >= 0.3 is 0 Å². The number of aromatic nitrogens is 4. The monoisotopic (exact) mass is 482 g/mol. The molecule has 0 radical (unpaired) electrons. The Bertz CT molecular complexity index is 1370. The van der Waals surface area contributed by atoms with Crippen LogP contribution >= 0.6 is 0 Å². The Kier molecular flexibility index (Phi) is 5.59. The number of fused-ring (bicyclic) bond motifs is 1. The summed E-state index contributed by atoms with van der Waals surface area (Å²) in [5.74, 6) is 1.10. The molecule has 1 aliphatic heterocycles. The number of piperidine rings is 1. The van der Waals surface area contributed by atoms with Crippen molar-refractivity contribution in [1.82, 2.24) is 24.5 Å². The minimum Gasteiger partial charge on any atom is -0.489 e. The van der Waals surface area contributed by atoms with E-state index in [1.165, 1.54) is 0 Å². The van der Waals surface area contributed by atoms with Crippen molar-refractivity contribution in [1.29, 1.82) is 0 Å². The molecule has 3 aromatic heterocycles. The van der Waals surface area contributed by atoms with E-state index in [0.29, 0.717) is 48.7 Å². The van der Waals surface area contributed by atoms with Gasteiger partial charge in [0, 0.05) is 49.6 Å². The Labute approximate surface area is 208 Å². The van der Waals surface area contributed by atoms with Crippen LogP contribution in [0.4, 0.5) is 5.69 Å².